The molecule has 0 atom stereocenters. The zero-order valence-electron chi connectivity index (χ0n) is 17.3. The maximum Gasteiger partial charge on any atom is 0.232 e. The van der Waals surface area contributed by atoms with Crippen LogP contribution in [-0.2, 0) is 20.2 Å². The lowest BCUT2D eigenvalue weighted by Crippen LogP contribution is -2.41. The van der Waals surface area contributed by atoms with Crippen molar-refractivity contribution in [2.75, 3.05) is 22.4 Å². The number of aromatic nitrogens is 2. The topological polar surface area (TPSA) is 109 Å². The largest absolute Gasteiger partial charge is 0.294 e. The van der Waals surface area contributed by atoms with Gasteiger partial charge in [-0.05, 0) is 50.3 Å². The highest BCUT2D eigenvalue weighted by molar-refractivity contribution is 7.92. The molecule has 0 radical (unpaired) electrons. The molecule has 1 aliphatic carbocycles. The van der Waals surface area contributed by atoms with Gasteiger partial charge < -0.3 is 0 Å². The monoisotopic (exact) mass is 446 g/mol. The fraction of sp³-hybridized carbons (Fsp3) is 0.429. The number of ketones is 1. The van der Waals surface area contributed by atoms with Crippen molar-refractivity contribution >= 4 is 33.3 Å². The number of sulfonamides is 1. The van der Waals surface area contributed by atoms with Crippen LogP contribution in [0.3, 0.4) is 0 Å². The van der Waals surface area contributed by atoms with Crippen LogP contribution in [-0.4, -0.2) is 42.9 Å². The molecule has 1 saturated carbocycles. The van der Waals surface area contributed by atoms with Crippen molar-refractivity contribution in [2.45, 2.75) is 38.0 Å². The molecular formula is C21H23FN4O4S. The van der Waals surface area contributed by atoms with Crippen molar-refractivity contribution in [1.29, 1.82) is 0 Å². The average Bonchev–Trinajstić information content (AvgIpc) is 3.02. The summed E-state index contributed by atoms with van der Waals surface area (Å²) in [4.78, 5) is 32.0. The summed E-state index contributed by atoms with van der Waals surface area (Å²) in [6.07, 6.45) is 6.21. The number of halogens is 1. The molecule has 4 rings (SSSR count). The number of nitrogens with one attached hydrogen (secondary N) is 1. The van der Waals surface area contributed by atoms with Gasteiger partial charge in [0.1, 0.15) is 5.82 Å². The summed E-state index contributed by atoms with van der Waals surface area (Å²) in [7, 11) is -3.54. The molecule has 2 heterocycles. The Morgan fingerprint density at radius 2 is 1.84 bits per heavy atom. The summed E-state index contributed by atoms with van der Waals surface area (Å²) in [6.45, 7) is 1.67. The van der Waals surface area contributed by atoms with Gasteiger partial charge in [0, 0.05) is 30.3 Å². The zero-order chi connectivity index (χ0) is 22.4. The Morgan fingerprint density at radius 1 is 1.19 bits per heavy atom. The zero-order valence-corrected chi connectivity index (χ0v) is 18.1. The molecule has 0 saturated heterocycles. The van der Waals surface area contributed by atoms with E-state index in [-0.39, 0.29) is 30.1 Å². The molecule has 0 bridgehead atoms. The molecule has 2 aliphatic rings. The third kappa shape index (κ3) is 4.04. The molecule has 164 valence electrons. The minimum Gasteiger partial charge on any atom is -0.294 e. The third-order valence-corrected chi connectivity index (χ3v) is 7.38. The average molecular weight is 447 g/mol. The summed E-state index contributed by atoms with van der Waals surface area (Å²) in [5.41, 5.74) is 1.15. The highest BCUT2D eigenvalue weighted by atomic mass is 32.2. The van der Waals surface area contributed by atoms with Gasteiger partial charge in [0.05, 0.1) is 17.5 Å². The van der Waals surface area contributed by atoms with Crippen molar-refractivity contribution in [3.63, 3.8) is 0 Å². The Labute approximate surface area is 179 Å². The van der Waals surface area contributed by atoms with E-state index in [1.807, 2.05) is 0 Å². The van der Waals surface area contributed by atoms with E-state index in [0.717, 1.165) is 11.8 Å². The van der Waals surface area contributed by atoms with Crippen LogP contribution >= 0.6 is 0 Å². The van der Waals surface area contributed by atoms with E-state index < -0.39 is 21.3 Å². The number of nitrogens with zero attached hydrogens (tertiary/aromatic N) is 3. The second kappa shape index (κ2) is 7.67. The smallest absolute Gasteiger partial charge is 0.232 e. The van der Waals surface area contributed by atoms with Gasteiger partial charge in [-0.25, -0.2) is 22.8 Å². The summed E-state index contributed by atoms with van der Waals surface area (Å²) >= 11 is 0. The quantitative estimate of drug-likeness (QED) is 0.723. The highest BCUT2D eigenvalue weighted by Crippen LogP contribution is 2.51. The minimum atomic E-state index is -3.54. The Balaban J connectivity index is 1.48. The predicted octanol–water partition coefficient (Wildman–Crippen LogP) is 2.66. The van der Waals surface area contributed by atoms with E-state index in [1.54, 1.807) is 6.07 Å². The third-order valence-electron chi connectivity index (χ3n) is 6.25. The molecule has 1 fully saturated rings. The van der Waals surface area contributed by atoms with Gasteiger partial charge in [0.25, 0.3) is 0 Å². The lowest BCUT2D eigenvalue weighted by atomic mass is 9.67. The number of benzene rings is 1. The van der Waals surface area contributed by atoms with Gasteiger partial charge in [-0.15, -0.1) is 0 Å². The summed E-state index contributed by atoms with van der Waals surface area (Å²) in [5.74, 6) is -0.968. The van der Waals surface area contributed by atoms with Crippen molar-refractivity contribution in [3.8, 4) is 0 Å². The molecule has 1 amide bonds. The normalized spacial score (nSPS) is 22.9. The van der Waals surface area contributed by atoms with E-state index in [0.29, 0.717) is 36.9 Å². The summed E-state index contributed by atoms with van der Waals surface area (Å²) in [6, 6.07) is 4.29. The molecule has 2 aromatic rings. The first kappa shape index (κ1) is 21.4. The van der Waals surface area contributed by atoms with Crippen molar-refractivity contribution in [3.05, 3.63) is 47.5 Å². The molecular weight excluding hydrogens is 423 g/mol. The lowest BCUT2D eigenvalue weighted by Gasteiger charge is -2.37. The van der Waals surface area contributed by atoms with Crippen LogP contribution in [0.1, 0.15) is 48.5 Å². The minimum absolute atomic E-state index is 0.139. The lowest BCUT2D eigenvalue weighted by molar-refractivity contribution is -0.121. The van der Waals surface area contributed by atoms with Crippen LogP contribution in [0, 0.1) is 11.7 Å². The molecule has 1 aliphatic heterocycles. The van der Waals surface area contributed by atoms with E-state index in [4.69, 9.17) is 0 Å². The fourth-order valence-corrected chi connectivity index (χ4v) is 5.54. The van der Waals surface area contributed by atoms with Crippen molar-refractivity contribution < 1.29 is 22.4 Å². The van der Waals surface area contributed by atoms with E-state index in [2.05, 4.69) is 15.3 Å². The van der Waals surface area contributed by atoms with Crippen molar-refractivity contribution in [2.24, 2.45) is 5.92 Å². The first-order valence-electron chi connectivity index (χ1n) is 10.0. The van der Waals surface area contributed by atoms with E-state index >= 15 is 0 Å². The number of carbonyl (C=O) groups is 2. The Kier molecular flexibility index (Phi) is 5.28. The van der Waals surface area contributed by atoms with Gasteiger partial charge in [-0.2, -0.15) is 0 Å². The molecule has 0 unspecified atom stereocenters. The van der Waals surface area contributed by atoms with Crippen LogP contribution in [0.25, 0.3) is 0 Å². The second-order valence-corrected chi connectivity index (χ2v) is 10.2. The van der Waals surface area contributed by atoms with Crippen molar-refractivity contribution in [1.82, 2.24) is 9.97 Å². The molecule has 31 heavy (non-hydrogen) atoms. The summed E-state index contributed by atoms with van der Waals surface area (Å²) < 4.78 is 39.7. The van der Waals surface area contributed by atoms with E-state index in [1.165, 1.54) is 35.8 Å². The SMILES string of the molecule is CC(=O)c1cnc(NC(=O)C2CCC3(CC2)CN(S(C)(=O)=O)c2cc(F)ccc23)nc1. The van der Waals surface area contributed by atoms with E-state index in [9.17, 15) is 22.4 Å². The van der Waals surface area contributed by atoms with Gasteiger partial charge in [-0.3, -0.25) is 19.2 Å². The molecule has 10 heteroatoms. The number of rotatable bonds is 4. The van der Waals surface area contributed by atoms with Crippen LogP contribution in [0.4, 0.5) is 16.0 Å². The van der Waals surface area contributed by atoms with Crippen LogP contribution in [0.2, 0.25) is 0 Å². The second-order valence-electron chi connectivity index (χ2n) is 8.33. The Bertz CT molecular complexity index is 1140. The predicted molar refractivity (Wildman–Crippen MR) is 113 cm³/mol. The first-order chi connectivity index (χ1) is 14.6. The standard InChI is InChI=1S/C21H23FN4O4S/c1-13(27)15-10-23-20(24-11-15)25-19(28)14-5-7-21(8-6-14)12-26(31(2,29)30)18-9-16(22)3-4-17(18)21/h3-4,9-11,14H,5-8,12H2,1-2H3,(H,23,24,25,28). The molecule has 1 aromatic heterocycles. The van der Waals surface area contributed by atoms with Crippen LogP contribution in [0.15, 0.2) is 30.6 Å². The van der Waals surface area contributed by atoms with Crippen LogP contribution in [0.5, 0.6) is 0 Å². The maximum absolute atomic E-state index is 13.8. The molecule has 1 N–H and O–H groups in total. The Hall–Kier alpha value is -2.88. The van der Waals surface area contributed by atoms with Gasteiger partial charge in [0.2, 0.25) is 21.9 Å². The number of fused-ring (bicyclic) bond motifs is 2. The molecule has 1 spiro atoms. The number of Topliss-reactive ketones (excluding diaryl/α,β-unsaturated/α-hetero) is 1. The Morgan fingerprint density at radius 3 is 2.42 bits per heavy atom. The maximum atomic E-state index is 13.8. The van der Waals surface area contributed by atoms with Gasteiger partial charge >= 0.3 is 0 Å². The molecule has 8 nitrogen and oxygen atoms in total. The summed E-state index contributed by atoms with van der Waals surface area (Å²) in [5, 5.41) is 2.69. The van der Waals surface area contributed by atoms with Gasteiger partial charge in [0.15, 0.2) is 5.78 Å². The molecule has 1 aromatic carbocycles. The van der Waals surface area contributed by atoms with Crippen LogP contribution < -0.4 is 9.62 Å². The number of carbonyl (C=O) groups excluding carboxylic acids is 2. The van der Waals surface area contributed by atoms with Gasteiger partial charge in [-0.1, -0.05) is 6.07 Å². The number of hydrogen-bond donors (Lipinski definition) is 1. The number of hydrogen-bond acceptors (Lipinski definition) is 6. The first-order valence-corrected chi connectivity index (χ1v) is 11.9. The number of anilines is 2. The number of amides is 1. The highest BCUT2D eigenvalue weighted by Gasteiger charge is 2.48. The fourth-order valence-electron chi connectivity index (χ4n) is 4.55.